The van der Waals surface area contributed by atoms with Crippen LogP contribution in [0.2, 0.25) is 0 Å². The van der Waals surface area contributed by atoms with Gasteiger partial charge in [-0.3, -0.25) is 9.69 Å². The van der Waals surface area contributed by atoms with Gasteiger partial charge in [0.1, 0.15) is 17.1 Å². The molecule has 7 heteroatoms. The average molecular weight is 443 g/mol. The van der Waals surface area contributed by atoms with E-state index in [4.69, 9.17) is 9.47 Å². The lowest BCUT2D eigenvalue weighted by atomic mass is 10.1. The van der Waals surface area contributed by atoms with E-state index in [1.165, 1.54) is 17.4 Å². The third-order valence-electron chi connectivity index (χ3n) is 5.36. The van der Waals surface area contributed by atoms with Crippen LogP contribution in [-0.4, -0.2) is 36.8 Å². The summed E-state index contributed by atoms with van der Waals surface area (Å²) in [6.45, 7) is 3.92. The van der Waals surface area contributed by atoms with Gasteiger partial charge in [-0.15, -0.1) is 0 Å². The lowest BCUT2D eigenvalue weighted by Gasteiger charge is -2.23. The molecule has 4 rings (SSSR count). The first-order valence-corrected chi connectivity index (χ1v) is 11.7. The number of carbonyl (C=O) groups is 1. The van der Waals surface area contributed by atoms with Crippen LogP contribution in [0, 0.1) is 5.82 Å². The second kappa shape index (κ2) is 10.2. The van der Waals surface area contributed by atoms with Crippen LogP contribution >= 0.6 is 11.3 Å². The lowest BCUT2D eigenvalue weighted by molar-refractivity contribution is 0.0917. The van der Waals surface area contributed by atoms with E-state index in [1.54, 1.807) is 23.1 Å². The van der Waals surface area contributed by atoms with Gasteiger partial charge in [0.25, 0.3) is 5.91 Å². The predicted molar refractivity (Wildman–Crippen MR) is 122 cm³/mol. The first-order chi connectivity index (χ1) is 15.2. The minimum absolute atomic E-state index is 0.0398. The van der Waals surface area contributed by atoms with Gasteiger partial charge in [-0.2, -0.15) is 0 Å². The highest BCUT2D eigenvalue weighted by Gasteiger charge is 2.27. The molecule has 2 aromatic carbocycles. The number of hydrogen-bond donors (Lipinski definition) is 0. The van der Waals surface area contributed by atoms with E-state index in [2.05, 4.69) is 11.9 Å². The fraction of sp³-hybridized carbons (Fsp3) is 0.417. The fourth-order valence-electron chi connectivity index (χ4n) is 3.65. The molecule has 1 fully saturated rings. The SMILES string of the molecule is CCCCCOc1ccc(C(=O)N(CC2CCCO2)c2nc3c(F)cccc3s2)cc1. The van der Waals surface area contributed by atoms with Crippen molar-refractivity contribution in [2.45, 2.75) is 45.1 Å². The van der Waals surface area contributed by atoms with Crippen molar-refractivity contribution in [3.05, 3.63) is 53.8 Å². The summed E-state index contributed by atoms with van der Waals surface area (Å²) in [6, 6.07) is 12.0. The average Bonchev–Trinajstić information content (AvgIpc) is 3.45. The molecule has 5 nitrogen and oxygen atoms in total. The highest BCUT2D eigenvalue weighted by molar-refractivity contribution is 7.22. The second-order valence-electron chi connectivity index (χ2n) is 7.71. The summed E-state index contributed by atoms with van der Waals surface area (Å²) < 4.78 is 26.4. The Hall–Kier alpha value is -2.51. The van der Waals surface area contributed by atoms with Gasteiger partial charge >= 0.3 is 0 Å². The van der Waals surface area contributed by atoms with Crippen LogP contribution in [0.4, 0.5) is 9.52 Å². The van der Waals surface area contributed by atoms with Crippen molar-refractivity contribution in [2.24, 2.45) is 0 Å². The second-order valence-corrected chi connectivity index (χ2v) is 8.72. The number of amides is 1. The summed E-state index contributed by atoms with van der Waals surface area (Å²) in [7, 11) is 0. The molecule has 0 radical (unpaired) electrons. The molecule has 0 N–H and O–H groups in total. The number of nitrogens with zero attached hydrogens (tertiary/aromatic N) is 2. The maximum Gasteiger partial charge on any atom is 0.260 e. The zero-order valence-electron chi connectivity index (χ0n) is 17.7. The standard InChI is InChI=1S/C24H27FN2O3S/c1-2-3-4-14-29-18-12-10-17(11-13-18)23(28)27(16-19-7-6-15-30-19)24-26-22-20(25)8-5-9-21(22)31-24/h5,8-13,19H,2-4,6-7,14-16H2,1H3. The Morgan fingerprint density at radius 2 is 2.10 bits per heavy atom. The van der Waals surface area contributed by atoms with Crippen LogP contribution in [0.15, 0.2) is 42.5 Å². The third-order valence-corrected chi connectivity index (χ3v) is 6.41. The number of rotatable bonds is 9. The zero-order chi connectivity index (χ0) is 21.6. The predicted octanol–water partition coefficient (Wildman–Crippen LogP) is 5.83. The zero-order valence-corrected chi connectivity index (χ0v) is 18.5. The van der Waals surface area contributed by atoms with Crippen LogP contribution in [0.25, 0.3) is 10.2 Å². The number of ether oxygens (including phenoxy) is 2. The third kappa shape index (κ3) is 5.22. The smallest absolute Gasteiger partial charge is 0.260 e. The van der Waals surface area contributed by atoms with E-state index < -0.39 is 0 Å². The van der Waals surface area contributed by atoms with Crippen LogP contribution in [0.1, 0.15) is 49.4 Å². The van der Waals surface area contributed by atoms with Crippen LogP contribution in [0.3, 0.4) is 0 Å². The van der Waals surface area contributed by atoms with Gasteiger partial charge in [-0.1, -0.05) is 37.2 Å². The van der Waals surface area contributed by atoms with Gasteiger partial charge in [0.15, 0.2) is 5.13 Å². The molecular formula is C24H27FN2O3S. The van der Waals surface area contributed by atoms with E-state index in [0.29, 0.717) is 36.0 Å². The Bertz CT molecular complexity index is 1020. The molecule has 1 aliphatic rings. The molecule has 31 heavy (non-hydrogen) atoms. The van der Waals surface area contributed by atoms with Crippen molar-refractivity contribution in [1.82, 2.24) is 4.98 Å². The topological polar surface area (TPSA) is 51.7 Å². The molecular weight excluding hydrogens is 415 g/mol. The summed E-state index contributed by atoms with van der Waals surface area (Å²) >= 11 is 1.32. The number of anilines is 1. The number of unbranched alkanes of at least 4 members (excludes halogenated alkanes) is 2. The molecule has 1 atom stereocenters. The monoisotopic (exact) mass is 442 g/mol. The molecule has 0 aliphatic carbocycles. The first kappa shape index (κ1) is 21.7. The number of thiazole rings is 1. The molecule has 1 saturated heterocycles. The maximum atomic E-state index is 14.2. The van der Waals surface area contributed by atoms with Crippen LogP contribution < -0.4 is 9.64 Å². The number of carbonyl (C=O) groups excluding carboxylic acids is 1. The van der Waals surface area contributed by atoms with Gasteiger partial charge in [0.05, 0.1) is 24.0 Å². The first-order valence-electron chi connectivity index (χ1n) is 10.9. The number of para-hydroxylation sites is 1. The molecule has 0 bridgehead atoms. The Morgan fingerprint density at radius 3 is 2.81 bits per heavy atom. The van der Waals surface area contributed by atoms with E-state index in [1.807, 2.05) is 18.2 Å². The summed E-state index contributed by atoms with van der Waals surface area (Å²) in [5.41, 5.74) is 0.835. The van der Waals surface area contributed by atoms with Crippen LogP contribution in [0.5, 0.6) is 5.75 Å². The Kier molecular flexibility index (Phi) is 7.14. The van der Waals surface area contributed by atoms with Gasteiger partial charge < -0.3 is 9.47 Å². The highest BCUT2D eigenvalue weighted by Crippen LogP contribution is 2.32. The molecule has 0 saturated carbocycles. The van der Waals surface area contributed by atoms with E-state index in [0.717, 1.165) is 42.6 Å². The number of halogens is 1. The minimum Gasteiger partial charge on any atom is -0.494 e. The molecule has 164 valence electrons. The van der Waals surface area contributed by atoms with Crippen LogP contribution in [-0.2, 0) is 4.74 Å². The Morgan fingerprint density at radius 1 is 1.26 bits per heavy atom. The molecule has 0 spiro atoms. The molecule has 1 unspecified atom stereocenters. The molecule has 1 amide bonds. The molecule has 1 aliphatic heterocycles. The Balaban J connectivity index is 1.55. The normalized spacial score (nSPS) is 16.0. The Labute approximate surface area is 185 Å². The maximum absolute atomic E-state index is 14.2. The van der Waals surface area contributed by atoms with Crippen molar-refractivity contribution in [2.75, 3.05) is 24.7 Å². The van der Waals surface area contributed by atoms with E-state index in [9.17, 15) is 9.18 Å². The lowest BCUT2D eigenvalue weighted by Crippen LogP contribution is -2.37. The van der Waals surface area contributed by atoms with Gasteiger partial charge in [-0.25, -0.2) is 9.37 Å². The quantitative estimate of drug-likeness (QED) is 0.391. The van der Waals surface area contributed by atoms with Gasteiger partial charge in [0.2, 0.25) is 0 Å². The summed E-state index contributed by atoms with van der Waals surface area (Å²) in [4.78, 5) is 19.5. The summed E-state index contributed by atoms with van der Waals surface area (Å²) in [5.74, 6) is 0.196. The number of aromatic nitrogens is 1. The highest BCUT2D eigenvalue weighted by atomic mass is 32.1. The van der Waals surface area contributed by atoms with Crippen molar-refractivity contribution >= 4 is 32.6 Å². The summed E-state index contributed by atoms with van der Waals surface area (Å²) in [6.07, 6.45) is 5.13. The van der Waals surface area contributed by atoms with Crippen molar-refractivity contribution in [3.63, 3.8) is 0 Å². The van der Waals surface area contributed by atoms with Crippen molar-refractivity contribution in [3.8, 4) is 5.75 Å². The van der Waals surface area contributed by atoms with Crippen molar-refractivity contribution in [1.29, 1.82) is 0 Å². The number of hydrogen-bond acceptors (Lipinski definition) is 5. The van der Waals surface area contributed by atoms with Gasteiger partial charge in [-0.05, 0) is 55.7 Å². The van der Waals surface area contributed by atoms with E-state index >= 15 is 0 Å². The number of benzene rings is 2. The van der Waals surface area contributed by atoms with E-state index in [-0.39, 0.29) is 17.8 Å². The molecule has 2 heterocycles. The largest absolute Gasteiger partial charge is 0.494 e. The molecule has 1 aromatic heterocycles. The summed E-state index contributed by atoms with van der Waals surface area (Å²) in [5, 5.41) is 0.487. The molecule has 3 aromatic rings. The number of fused-ring (bicyclic) bond motifs is 1. The fourth-order valence-corrected chi connectivity index (χ4v) is 4.64. The van der Waals surface area contributed by atoms with Crippen molar-refractivity contribution < 1.29 is 18.7 Å². The minimum atomic E-state index is -0.380. The van der Waals surface area contributed by atoms with Gasteiger partial charge in [0, 0.05) is 12.2 Å².